The number of hydrogen-bond acceptors (Lipinski definition) is 0. The lowest BCUT2D eigenvalue weighted by molar-refractivity contribution is 1.08. The molecule has 1 aromatic carbocycles. The van der Waals surface area contributed by atoms with Crippen molar-refractivity contribution in [2.24, 2.45) is 0 Å². The van der Waals surface area contributed by atoms with Crippen LogP contribution < -0.4 is 0 Å². The fraction of sp³-hybridized carbons (Fsp3) is 0.500. The second kappa shape index (κ2) is 6.35. The maximum Gasteiger partial charge on any atom is 0.0480 e. The van der Waals surface area contributed by atoms with Gasteiger partial charge in [-0.15, -0.1) is 46.4 Å². The molecule has 0 heterocycles. The summed E-state index contributed by atoms with van der Waals surface area (Å²) in [5.74, 6) is 1.77. The molecule has 0 radical (unpaired) electrons. The third-order valence-corrected chi connectivity index (χ3v) is 4.16. The molecule has 0 atom stereocenters. The molecular formula is C12H14Cl4. The molecule has 0 saturated heterocycles. The van der Waals surface area contributed by atoms with Gasteiger partial charge in [-0.25, -0.2) is 0 Å². The van der Waals surface area contributed by atoms with E-state index in [1.807, 2.05) is 0 Å². The highest BCUT2D eigenvalue weighted by molar-refractivity contribution is 6.21. The van der Waals surface area contributed by atoms with E-state index in [-0.39, 0.29) is 0 Å². The van der Waals surface area contributed by atoms with Crippen molar-refractivity contribution in [1.82, 2.24) is 0 Å². The fourth-order valence-corrected chi connectivity index (χ4v) is 3.32. The van der Waals surface area contributed by atoms with Gasteiger partial charge in [-0.1, -0.05) is 0 Å². The summed E-state index contributed by atoms with van der Waals surface area (Å²) in [6.07, 6.45) is 0. The van der Waals surface area contributed by atoms with Crippen LogP contribution in [0.4, 0.5) is 0 Å². The summed E-state index contributed by atoms with van der Waals surface area (Å²) in [7, 11) is 0. The molecule has 0 unspecified atom stereocenters. The number of halogens is 4. The lowest BCUT2D eigenvalue weighted by atomic mass is 9.90. The largest absolute Gasteiger partial charge is 0.122 e. The Hall–Kier alpha value is 0.380. The molecule has 0 fully saturated rings. The lowest BCUT2D eigenvalue weighted by Crippen LogP contribution is -2.06. The monoisotopic (exact) mass is 298 g/mol. The number of hydrogen-bond donors (Lipinski definition) is 0. The first-order valence-electron chi connectivity index (χ1n) is 4.98. The van der Waals surface area contributed by atoms with Gasteiger partial charge in [0.2, 0.25) is 0 Å². The van der Waals surface area contributed by atoms with Gasteiger partial charge in [0.15, 0.2) is 0 Å². The van der Waals surface area contributed by atoms with E-state index in [2.05, 4.69) is 13.8 Å². The van der Waals surface area contributed by atoms with E-state index in [1.54, 1.807) is 0 Å². The van der Waals surface area contributed by atoms with Gasteiger partial charge in [0.05, 0.1) is 0 Å². The lowest BCUT2D eigenvalue weighted by Gasteiger charge is -2.20. The first-order chi connectivity index (χ1) is 7.62. The topological polar surface area (TPSA) is 0 Å². The Morgan fingerprint density at radius 3 is 1.00 bits per heavy atom. The quantitative estimate of drug-likeness (QED) is 0.665. The van der Waals surface area contributed by atoms with Crippen molar-refractivity contribution < 1.29 is 0 Å². The molecule has 0 aromatic heterocycles. The normalized spacial score (nSPS) is 10.9. The molecular weight excluding hydrogens is 286 g/mol. The highest BCUT2D eigenvalue weighted by atomic mass is 35.5. The second-order valence-corrected chi connectivity index (χ2v) is 4.77. The summed E-state index contributed by atoms with van der Waals surface area (Å²) in [4.78, 5) is 0. The van der Waals surface area contributed by atoms with Crippen LogP contribution in [0.2, 0.25) is 0 Å². The minimum absolute atomic E-state index is 0.426. The summed E-state index contributed by atoms with van der Waals surface area (Å²) >= 11 is 23.9. The molecule has 0 amide bonds. The van der Waals surface area contributed by atoms with Gasteiger partial charge in [-0.2, -0.15) is 0 Å². The van der Waals surface area contributed by atoms with Crippen LogP contribution in [0.5, 0.6) is 0 Å². The van der Waals surface area contributed by atoms with E-state index in [0.717, 1.165) is 22.3 Å². The van der Waals surface area contributed by atoms with Crippen LogP contribution in [0.1, 0.15) is 33.4 Å². The van der Waals surface area contributed by atoms with E-state index >= 15 is 0 Å². The Bertz CT molecular complexity index is 348. The Balaban J connectivity index is 3.61. The van der Waals surface area contributed by atoms with Gasteiger partial charge in [-0.05, 0) is 47.2 Å². The third kappa shape index (κ3) is 2.46. The number of alkyl halides is 4. The van der Waals surface area contributed by atoms with Crippen molar-refractivity contribution in [3.8, 4) is 0 Å². The minimum Gasteiger partial charge on any atom is -0.122 e. The molecule has 0 spiro atoms. The summed E-state index contributed by atoms with van der Waals surface area (Å²) in [5.41, 5.74) is 6.64. The van der Waals surface area contributed by atoms with Gasteiger partial charge in [0.1, 0.15) is 0 Å². The summed E-state index contributed by atoms with van der Waals surface area (Å²) in [6.45, 7) is 4.11. The van der Waals surface area contributed by atoms with Gasteiger partial charge < -0.3 is 0 Å². The number of benzene rings is 1. The maximum atomic E-state index is 5.99. The van der Waals surface area contributed by atoms with E-state index in [1.165, 1.54) is 11.1 Å². The maximum absolute atomic E-state index is 5.99. The van der Waals surface area contributed by atoms with Crippen LogP contribution >= 0.6 is 46.4 Å². The Kier molecular flexibility index (Phi) is 5.73. The first-order valence-corrected chi connectivity index (χ1v) is 7.12. The molecule has 0 aliphatic carbocycles. The highest BCUT2D eigenvalue weighted by Gasteiger charge is 2.17. The van der Waals surface area contributed by atoms with Crippen LogP contribution in [0.3, 0.4) is 0 Å². The Morgan fingerprint density at radius 2 is 0.812 bits per heavy atom. The molecule has 16 heavy (non-hydrogen) atoms. The number of rotatable bonds is 4. The van der Waals surface area contributed by atoms with Crippen molar-refractivity contribution >= 4 is 46.4 Å². The highest BCUT2D eigenvalue weighted by Crippen LogP contribution is 2.32. The molecule has 1 rings (SSSR count). The summed E-state index contributed by atoms with van der Waals surface area (Å²) < 4.78 is 0. The van der Waals surface area contributed by atoms with E-state index < -0.39 is 0 Å². The molecule has 4 heteroatoms. The zero-order valence-corrected chi connectivity index (χ0v) is 12.4. The zero-order chi connectivity index (χ0) is 12.3. The van der Waals surface area contributed by atoms with Crippen molar-refractivity contribution in [3.05, 3.63) is 33.4 Å². The third-order valence-electron chi connectivity index (χ3n) is 3.10. The standard InChI is InChI=1S/C12H14Cl4/c1-7-8(2)10(4-14)12(6-16)11(5-15)9(7)3-13/h3-6H2,1-2H3. The average molecular weight is 300 g/mol. The first kappa shape index (κ1) is 14.4. The van der Waals surface area contributed by atoms with E-state index in [4.69, 9.17) is 46.4 Å². The molecule has 0 aliphatic rings. The van der Waals surface area contributed by atoms with E-state index in [9.17, 15) is 0 Å². The Morgan fingerprint density at radius 1 is 0.562 bits per heavy atom. The molecule has 0 bridgehead atoms. The Labute approximate surface area is 117 Å². The van der Waals surface area contributed by atoms with Crippen molar-refractivity contribution in [2.45, 2.75) is 37.4 Å². The van der Waals surface area contributed by atoms with Gasteiger partial charge >= 0.3 is 0 Å². The summed E-state index contributed by atoms with van der Waals surface area (Å²) in [6, 6.07) is 0. The van der Waals surface area contributed by atoms with Gasteiger partial charge in [0.25, 0.3) is 0 Å². The van der Waals surface area contributed by atoms with Crippen LogP contribution in [-0.2, 0) is 23.5 Å². The predicted molar refractivity (Wildman–Crippen MR) is 74.1 cm³/mol. The summed E-state index contributed by atoms with van der Waals surface area (Å²) in [5, 5.41) is 0. The molecule has 1 aromatic rings. The van der Waals surface area contributed by atoms with E-state index in [0.29, 0.717) is 23.5 Å². The minimum atomic E-state index is 0.426. The SMILES string of the molecule is Cc1c(C)c(CCl)c(CCl)c(CCl)c1CCl. The fourth-order valence-electron chi connectivity index (χ4n) is 1.95. The second-order valence-electron chi connectivity index (χ2n) is 3.70. The van der Waals surface area contributed by atoms with Crippen molar-refractivity contribution in [3.63, 3.8) is 0 Å². The average Bonchev–Trinajstić information content (AvgIpc) is 2.31. The van der Waals surface area contributed by atoms with Crippen LogP contribution in [-0.4, -0.2) is 0 Å². The van der Waals surface area contributed by atoms with Crippen LogP contribution in [0, 0.1) is 13.8 Å². The van der Waals surface area contributed by atoms with Crippen LogP contribution in [0.15, 0.2) is 0 Å². The van der Waals surface area contributed by atoms with Gasteiger partial charge in [0, 0.05) is 23.5 Å². The van der Waals surface area contributed by atoms with Crippen LogP contribution in [0.25, 0.3) is 0 Å². The molecule has 0 N–H and O–H groups in total. The molecule has 0 saturated carbocycles. The van der Waals surface area contributed by atoms with Gasteiger partial charge in [-0.3, -0.25) is 0 Å². The zero-order valence-electron chi connectivity index (χ0n) is 9.34. The molecule has 90 valence electrons. The molecule has 0 nitrogen and oxygen atoms in total. The van der Waals surface area contributed by atoms with Crippen molar-refractivity contribution in [1.29, 1.82) is 0 Å². The van der Waals surface area contributed by atoms with Crippen molar-refractivity contribution in [2.75, 3.05) is 0 Å². The predicted octanol–water partition coefficient (Wildman–Crippen LogP) is 5.26. The molecule has 0 aliphatic heterocycles. The smallest absolute Gasteiger partial charge is 0.0480 e.